The first kappa shape index (κ1) is 26.0. The lowest BCUT2D eigenvalue weighted by atomic mass is 9.83. The molecule has 0 unspecified atom stereocenters. The lowest BCUT2D eigenvalue weighted by Crippen LogP contribution is -2.42. The molecule has 0 fully saturated rings. The molecular weight excluding hydrogens is 496 g/mol. The zero-order chi connectivity index (χ0) is 27.4. The Morgan fingerprint density at radius 1 is 1.03 bits per heavy atom. The van der Waals surface area contributed by atoms with Crippen LogP contribution in [0.3, 0.4) is 0 Å². The van der Waals surface area contributed by atoms with Crippen molar-refractivity contribution < 1.29 is 14.3 Å². The van der Waals surface area contributed by atoms with Gasteiger partial charge in [0.2, 0.25) is 11.8 Å². The molecule has 0 aliphatic rings. The summed E-state index contributed by atoms with van der Waals surface area (Å²) in [6, 6.07) is 21.3. The van der Waals surface area contributed by atoms with Gasteiger partial charge in [-0.2, -0.15) is 4.98 Å². The predicted molar refractivity (Wildman–Crippen MR) is 147 cm³/mol. The molecule has 0 aliphatic carbocycles. The Hall–Kier alpha value is -4.61. The Bertz CT molecular complexity index is 1540. The highest BCUT2D eigenvalue weighted by Crippen LogP contribution is 2.36. The van der Waals surface area contributed by atoms with Gasteiger partial charge < -0.3 is 19.8 Å². The highest BCUT2D eigenvalue weighted by Gasteiger charge is 2.38. The summed E-state index contributed by atoms with van der Waals surface area (Å²) < 4.78 is 14.5. The lowest BCUT2D eigenvalue weighted by Gasteiger charge is -2.31. The number of benzene rings is 2. The highest BCUT2D eigenvalue weighted by molar-refractivity contribution is 6.06. The third-order valence-corrected chi connectivity index (χ3v) is 6.56. The van der Waals surface area contributed by atoms with Crippen molar-refractivity contribution >= 4 is 23.0 Å². The minimum Gasteiger partial charge on any atom is -0.480 e. The summed E-state index contributed by atoms with van der Waals surface area (Å²) in [5, 5.41) is 6.96. The fourth-order valence-corrected chi connectivity index (χ4v) is 4.56. The van der Waals surface area contributed by atoms with Crippen LogP contribution >= 0.6 is 0 Å². The van der Waals surface area contributed by atoms with Gasteiger partial charge in [-0.1, -0.05) is 60.7 Å². The lowest BCUT2D eigenvalue weighted by molar-refractivity contribution is 0.102. The molecule has 11 nitrogen and oxygen atoms in total. The number of aromatic nitrogens is 6. The molecule has 0 bridgehead atoms. The summed E-state index contributed by atoms with van der Waals surface area (Å²) >= 11 is 0. The number of pyridine rings is 1. The maximum absolute atomic E-state index is 13.3. The summed E-state index contributed by atoms with van der Waals surface area (Å²) in [5.74, 6) is 0.412. The molecule has 11 heteroatoms. The molecule has 1 amide bonds. The molecule has 0 spiro atoms. The zero-order valence-electron chi connectivity index (χ0n) is 22.0. The van der Waals surface area contributed by atoms with Gasteiger partial charge >= 0.3 is 0 Å². The summed E-state index contributed by atoms with van der Waals surface area (Å²) in [5.41, 5.74) is 9.11. The van der Waals surface area contributed by atoms with Crippen molar-refractivity contribution in [2.24, 2.45) is 5.73 Å². The van der Waals surface area contributed by atoms with Gasteiger partial charge in [-0.05, 0) is 24.1 Å². The quantitative estimate of drug-likeness (QED) is 0.283. The predicted octanol–water partition coefficient (Wildman–Crippen LogP) is 3.20. The van der Waals surface area contributed by atoms with Gasteiger partial charge in [-0.3, -0.25) is 14.8 Å². The van der Waals surface area contributed by atoms with Gasteiger partial charge in [-0.25, -0.2) is 9.97 Å². The Balaban J connectivity index is 1.70. The number of fused-ring (bicyclic) bond motifs is 1. The first-order chi connectivity index (χ1) is 19.0. The van der Waals surface area contributed by atoms with Crippen molar-refractivity contribution in [2.75, 3.05) is 26.1 Å². The van der Waals surface area contributed by atoms with Crippen molar-refractivity contribution in [3.63, 3.8) is 0 Å². The van der Waals surface area contributed by atoms with Crippen molar-refractivity contribution in [3.05, 3.63) is 95.6 Å². The Morgan fingerprint density at radius 3 is 2.26 bits per heavy atom. The first-order valence-corrected chi connectivity index (χ1v) is 12.5. The van der Waals surface area contributed by atoms with Crippen LogP contribution in [0.4, 0.5) is 5.95 Å². The van der Waals surface area contributed by atoms with E-state index in [-0.39, 0.29) is 17.4 Å². The minimum absolute atomic E-state index is 0.125. The monoisotopic (exact) mass is 526 g/mol. The topological polar surface area (TPSA) is 135 Å². The van der Waals surface area contributed by atoms with Crippen molar-refractivity contribution in [1.29, 1.82) is 0 Å². The van der Waals surface area contributed by atoms with Gasteiger partial charge in [0.1, 0.15) is 23.3 Å². The fourth-order valence-electron chi connectivity index (χ4n) is 4.56. The van der Waals surface area contributed by atoms with E-state index in [1.165, 1.54) is 7.11 Å². The number of hydrogen-bond donors (Lipinski definition) is 2. The van der Waals surface area contributed by atoms with E-state index in [9.17, 15) is 4.79 Å². The smallest absolute Gasteiger partial charge is 0.263 e. The molecule has 5 aromatic rings. The van der Waals surface area contributed by atoms with Crippen LogP contribution in [0.5, 0.6) is 5.88 Å². The van der Waals surface area contributed by atoms with Crippen LogP contribution in [0.2, 0.25) is 0 Å². The molecule has 3 heterocycles. The van der Waals surface area contributed by atoms with Gasteiger partial charge in [0, 0.05) is 20.2 Å². The van der Waals surface area contributed by atoms with E-state index >= 15 is 0 Å². The number of carbonyl (C=O) groups is 1. The molecular formula is C28H30N8O3. The molecule has 0 saturated heterocycles. The largest absolute Gasteiger partial charge is 0.480 e. The van der Waals surface area contributed by atoms with E-state index in [1.807, 2.05) is 72.2 Å². The van der Waals surface area contributed by atoms with Crippen molar-refractivity contribution in [2.45, 2.75) is 25.6 Å². The fraction of sp³-hybridized carbons (Fsp3) is 0.250. The van der Waals surface area contributed by atoms with Crippen LogP contribution in [0.15, 0.2) is 73.1 Å². The summed E-state index contributed by atoms with van der Waals surface area (Å²) in [7, 11) is 3.09. The van der Waals surface area contributed by atoms with E-state index in [0.717, 1.165) is 11.1 Å². The Morgan fingerprint density at radius 2 is 1.69 bits per heavy atom. The van der Waals surface area contributed by atoms with Crippen LogP contribution in [0.1, 0.15) is 34.2 Å². The SMILES string of the molecule is CCn1cnc(NC(=O)c2cc3c(nc2OC)nc(C(N)(c2ccccc2)c2ccccc2)n3CCOC)n1. The average molecular weight is 527 g/mol. The zero-order valence-corrected chi connectivity index (χ0v) is 22.0. The van der Waals surface area contributed by atoms with Crippen LogP contribution in [0, 0.1) is 0 Å². The van der Waals surface area contributed by atoms with E-state index in [4.69, 9.17) is 20.2 Å². The number of methoxy groups -OCH3 is 2. The molecule has 5 rings (SSSR count). The second-order valence-corrected chi connectivity index (χ2v) is 8.89. The number of amides is 1. The maximum atomic E-state index is 13.3. The number of ether oxygens (including phenoxy) is 2. The molecule has 39 heavy (non-hydrogen) atoms. The number of anilines is 1. The normalized spacial score (nSPS) is 11.6. The van der Waals surface area contributed by atoms with Crippen LogP contribution in [0.25, 0.3) is 11.2 Å². The summed E-state index contributed by atoms with van der Waals surface area (Å²) in [6.45, 7) is 3.38. The maximum Gasteiger partial charge on any atom is 0.263 e. The molecule has 3 N–H and O–H groups in total. The molecule has 2 aromatic carbocycles. The van der Waals surface area contributed by atoms with Crippen LogP contribution < -0.4 is 15.8 Å². The van der Waals surface area contributed by atoms with Crippen LogP contribution in [-0.2, 0) is 23.4 Å². The van der Waals surface area contributed by atoms with E-state index < -0.39 is 11.4 Å². The minimum atomic E-state index is -1.12. The second-order valence-electron chi connectivity index (χ2n) is 8.89. The molecule has 0 atom stereocenters. The molecule has 0 saturated carbocycles. The number of rotatable bonds is 10. The number of nitrogens with zero attached hydrogens (tertiary/aromatic N) is 6. The Labute approximate surface area is 225 Å². The van der Waals surface area contributed by atoms with Crippen molar-refractivity contribution in [3.8, 4) is 5.88 Å². The van der Waals surface area contributed by atoms with E-state index in [2.05, 4.69) is 20.4 Å². The molecule has 200 valence electrons. The van der Waals surface area contributed by atoms with Gasteiger partial charge in [0.05, 0.1) is 19.2 Å². The number of nitrogens with two attached hydrogens (primary N) is 1. The third-order valence-electron chi connectivity index (χ3n) is 6.56. The van der Waals surface area contributed by atoms with E-state index in [0.29, 0.717) is 36.7 Å². The molecule has 0 aliphatic heterocycles. The number of nitrogens with one attached hydrogen (secondary N) is 1. The number of imidazole rings is 1. The summed E-state index contributed by atoms with van der Waals surface area (Å²) in [4.78, 5) is 27.0. The van der Waals surface area contributed by atoms with E-state index in [1.54, 1.807) is 24.2 Å². The first-order valence-electron chi connectivity index (χ1n) is 12.5. The number of aryl methyl sites for hydroxylation is 1. The number of hydrogen-bond acceptors (Lipinski definition) is 8. The van der Waals surface area contributed by atoms with Gasteiger partial charge in [0.25, 0.3) is 5.91 Å². The third kappa shape index (κ3) is 4.85. The second kappa shape index (κ2) is 11.0. The Kier molecular flexibility index (Phi) is 7.35. The molecule has 3 aromatic heterocycles. The number of carbonyl (C=O) groups excluding carboxylic acids is 1. The highest BCUT2D eigenvalue weighted by atomic mass is 16.5. The van der Waals surface area contributed by atoms with Crippen LogP contribution in [-0.4, -0.2) is 56.0 Å². The standard InChI is InChI=1S/C28H30N8O3/c1-4-35-18-30-27(34-35)33-24(37)21-17-22-23(31-25(21)39-3)32-26(36(22)15-16-38-2)28(29,19-11-7-5-8-12-19)20-13-9-6-10-14-20/h5-14,17-18H,4,15-16,29H2,1-3H3,(H,33,34,37). The van der Waals surface area contributed by atoms with Gasteiger partial charge in [-0.15, -0.1) is 5.10 Å². The van der Waals surface area contributed by atoms with Crippen molar-refractivity contribution in [1.82, 2.24) is 29.3 Å². The molecule has 0 radical (unpaired) electrons. The van der Waals surface area contributed by atoms with Gasteiger partial charge in [0.15, 0.2) is 5.65 Å². The summed E-state index contributed by atoms with van der Waals surface area (Å²) in [6.07, 6.45) is 1.55. The average Bonchev–Trinajstić information content (AvgIpc) is 3.59.